The van der Waals surface area contributed by atoms with Crippen LogP contribution >= 0.6 is 0 Å². The molecule has 0 bridgehead atoms. The molecule has 0 aromatic heterocycles. The van der Waals surface area contributed by atoms with Crippen LogP contribution in [0.3, 0.4) is 0 Å². The normalized spacial score (nSPS) is 11.4. The van der Waals surface area contributed by atoms with Crippen molar-refractivity contribution in [3.05, 3.63) is 193 Å². The van der Waals surface area contributed by atoms with Gasteiger partial charge in [0.25, 0.3) is 0 Å². The molecule has 0 N–H and O–H groups in total. The smallest absolute Gasteiger partial charge is 0.0468 e. The molecule has 0 fully saturated rings. The van der Waals surface area contributed by atoms with Gasteiger partial charge in [-0.3, -0.25) is 0 Å². The van der Waals surface area contributed by atoms with Crippen LogP contribution in [0.1, 0.15) is 25.0 Å². The van der Waals surface area contributed by atoms with E-state index in [2.05, 4.69) is 206 Å². The van der Waals surface area contributed by atoms with Crippen molar-refractivity contribution in [1.82, 2.24) is 0 Å². The Morgan fingerprint density at radius 1 is 0.288 bits per heavy atom. The molecule has 9 aromatic carbocycles. The van der Waals surface area contributed by atoms with Crippen LogP contribution in [-0.4, -0.2) is 0 Å². The van der Waals surface area contributed by atoms with Crippen LogP contribution in [0.25, 0.3) is 43.1 Å². The molecule has 0 heterocycles. The van der Waals surface area contributed by atoms with Gasteiger partial charge in [-0.15, -0.1) is 0 Å². The highest BCUT2D eigenvalue weighted by molar-refractivity contribution is 6.08. The quantitative estimate of drug-likeness (QED) is 0.149. The molecule has 9 rings (SSSR count). The van der Waals surface area contributed by atoms with Crippen molar-refractivity contribution in [2.75, 3.05) is 9.80 Å². The Kier molecular flexibility index (Phi) is 8.14. The van der Waals surface area contributed by atoms with E-state index in [1.807, 2.05) is 0 Å². The fourth-order valence-electron chi connectivity index (χ4n) is 8.10. The summed E-state index contributed by atoms with van der Waals surface area (Å²) in [5.74, 6) is 0. The molecule has 0 saturated heterocycles. The van der Waals surface area contributed by atoms with Crippen LogP contribution < -0.4 is 9.80 Å². The Bertz CT molecular complexity index is 2520. The van der Waals surface area contributed by atoms with Crippen molar-refractivity contribution in [3.63, 3.8) is 0 Å². The molecule has 2 heteroatoms. The van der Waals surface area contributed by atoms with Crippen molar-refractivity contribution >= 4 is 77.2 Å². The average Bonchev–Trinajstić information content (AvgIpc) is 3.21. The van der Waals surface area contributed by atoms with Crippen molar-refractivity contribution in [2.24, 2.45) is 0 Å². The van der Waals surface area contributed by atoms with Gasteiger partial charge in [0, 0.05) is 34.1 Å². The molecular formula is C50H40N2. The van der Waals surface area contributed by atoms with Crippen molar-refractivity contribution in [3.8, 4) is 0 Å². The van der Waals surface area contributed by atoms with E-state index >= 15 is 0 Å². The molecule has 0 aliphatic carbocycles. The topological polar surface area (TPSA) is 6.48 Å². The summed E-state index contributed by atoms with van der Waals surface area (Å²) in [6.45, 7) is 4.59. The Morgan fingerprint density at radius 3 is 1.04 bits per heavy atom. The predicted molar refractivity (Wildman–Crippen MR) is 225 cm³/mol. The number of nitrogens with zero attached hydrogens (tertiary/aromatic N) is 2. The van der Waals surface area contributed by atoms with Gasteiger partial charge < -0.3 is 9.80 Å². The Morgan fingerprint density at radius 2 is 0.635 bits per heavy atom. The molecule has 0 spiro atoms. The summed E-state index contributed by atoms with van der Waals surface area (Å²) in [6.07, 6.45) is 1.88. The van der Waals surface area contributed by atoms with Gasteiger partial charge in [-0.2, -0.15) is 0 Å². The van der Waals surface area contributed by atoms with Gasteiger partial charge in [0.2, 0.25) is 0 Å². The van der Waals surface area contributed by atoms with E-state index in [1.165, 1.54) is 54.2 Å². The fraction of sp³-hybridized carbons (Fsp3) is 0.0800. The second-order valence-electron chi connectivity index (χ2n) is 13.5. The summed E-state index contributed by atoms with van der Waals surface area (Å²) in [7, 11) is 0. The monoisotopic (exact) mass is 668 g/mol. The van der Waals surface area contributed by atoms with Crippen LogP contribution in [0.15, 0.2) is 182 Å². The summed E-state index contributed by atoms with van der Waals surface area (Å²) >= 11 is 0. The predicted octanol–water partition coefficient (Wildman–Crippen LogP) is 14.4. The fourth-order valence-corrected chi connectivity index (χ4v) is 8.10. The van der Waals surface area contributed by atoms with Gasteiger partial charge >= 0.3 is 0 Å². The maximum atomic E-state index is 2.42. The van der Waals surface area contributed by atoms with Gasteiger partial charge in [-0.05, 0) is 140 Å². The number of para-hydroxylation sites is 2. The maximum absolute atomic E-state index is 2.42. The number of benzene rings is 9. The Hall–Kier alpha value is -6.38. The lowest BCUT2D eigenvalue weighted by atomic mass is 9.88. The second-order valence-corrected chi connectivity index (χ2v) is 13.5. The van der Waals surface area contributed by atoms with Crippen LogP contribution in [0.4, 0.5) is 34.1 Å². The number of aryl methyl sites for hydroxylation is 2. The molecule has 250 valence electrons. The van der Waals surface area contributed by atoms with Crippen molar-refractivity contribution in [1.29, 1.82) is 0 Å². The van der Waals surface area contributed by atoms with E-state index in [0.29, 0.717) is 0 Å². The van der Waals surface area contributed by atoms with E-state index in [-0.39, 0.29) is 0 Å². The summed E-state index contributed by atoms with van der Waals surface area (Å²) < 4.78 is 0. The first kappa shape index (κ1) is 31.6. The molecule has 0 aliphatic rings. The molecule has 0 saturated carbocycles. The summed E-state index contributed by atoms with van der Waals surface area (Å²) in [6, 6.07) is 66.4. The summed E-state index contributed by atoms with van der Waals surface area (Å²) in [5.41, 5.74) is 9.69. The highest BCUT2D eigenvalue weighted by atomic mass is 15.1. The molecule has 0 atom stereocenters. The first-order valence-corrected chi connectivity index (χ1v) is 18.4. The molecule has 0 radical (unpaired) electrons. The third-order valence-corrected chi connectivity index (χ3v) is 10.5. The van der Waals surface area contributed by atoms with E-state index in [4.69, 9.17) is 0 Å². The minimum Gasteiger partial charge on any atom is -0.310 e. The van der Waals surface area contributed by atoms with Crippen molar-refractivity contribution in [2.45, 2.75) is 26.7 Å². The lowest BCUT2D eigenvalue weighted by molar-refractivity contribution is 1.15. The van der Waals surface area contributed by atoms with Crippen LogP contribution in [0, 0.1) is 0 Å². The Labute approximate surface area is 305 Å². The van der Waals surface area contributed by atoms with Gasteiger partial charge in [0.1, 0.15) is 0 Å². The van der Waals surface area contributed by atoms with Crippen molar-refractivity contribution < 1.29 is 0 Å². The zero-order chi connectivity index (χ0) is 35.0. The highest BCUT2D eigenvalue weighted by Gasteiger charge is 2.20. The lowest BCUT2D eigenvalue weighted by Gasteiger charge is -2.28. The van der Waals surface area contributed by atoms with E-state index in [0.717, 1.165) is 47.0 Å². The standard InChI is InChI=1S/C50H40N2/c1-3-45-47-29-27-44(52(40-21-9-6-10-22-40)42-26-24-36-16-12-14-18-38(36)32-42)34-50(47)46(4-2)48-30-28-43(33-49(45)48)51(39-19-7-5-8-20-39)41-25-23-35-15-11-13-17-37(35)31-41/h5-34H,3-4H2,1-2H3. The van der Waals surface area contributed by atoms with Gasteiger partial charge in [-0.1, -0.05) is 123 Å². The number of fused-ring (bicyclic) bond motifs is 4. The van der Waals surface area contributed by atoms with Gasteiger partial charge in [-0.25, -0.2) is 0 Å². The van der Waals surface area contributed by atoms with E-state index in [9.17, 15) is 0 Å². The zero-order valence-corrected chi connectivity index (χ0v) is 29.6. The van der Waals surface area contributed by atoms with Crippen LogP contribution in [0.5, 0.6) is 0 Å². The molecule has 9 aromatic rings. The number of hydrogen-bond donors (Lipinski definition) is 0. The minimum atomic E-state index is 0.939. The number of hydrogen-bond acceptors (Lipinski definition) is 2. The van der Waals surface area contributed by atoms with Gasteiger partial charge in [0.05, 0.1) is 0 Å². The van der Waals surface area contributed by atoms with Gasteiger partial charge in [0.15, 0.2) is 0 Å². The van der Waals surface area contributed by atoms with E-state index in [1.54, 1.807) is 0 Å². The molecule has 2 nitrogen and oxygen atoms in total. The maximum Gasteiger partial charge on any atom is 0.0468 e. The zero-order valence-electron chi connectivity index (χ0n) is 29.6. The molecule has 0 unspecified atom stereocenters. The summed E-state index contributed by atoms with van der Waals surface area (Å²) in [5, 5.41) is 10.3. The molecular weight excluding hydrogens is 629 g/mol. The summed E-state index contributed by atoms with van der Waals surface area (Å²) in [4.78, 5) is 4.79. The number of anilines is 6. The first-order chi connectivity index (χ1) is 25.7. The van der Waals surface area contributed by atoms with E-state index < -0.39 is 0 Å². The van der Waals surface area contributed by atoms with Crippen LogP contribution in [-0.2, 0) is 12.8 Å². The number of rotatable bonds is 8. The highest BCUT2D eigenvalue weighted by Crippen LogP contribution is 2.43. The lowest BCUT2D eigenvalue weighted by Crippen LogP contribution is -2.10. The second kappa shape index (κ2) is 13.4. The van der Waals surface area contributed by atoms with Crippen LogP contribution in [0.2, 0.25) is 0 Å². The largest absolute Gasteiger partial charge is 0.310 e. The third-order valence-electron chi connectivity index (χ3n) is 10.5. The minimum absolute atomic E-state index is 0.939. The third kappa shape index (κ3) is 5.54. The SMILES string of the molecule is CCc1c2ccc(N(c3ccccc3)c3ccc4ccccc4c3)cc2c(CC)c2ccc(N(c3ccccc3)c3ccc4ccccc4c3)cc12. The molecule has 0 amide bonds. The molecule has 0 aliphatic heterocycles. The average molecular weight is 669 g/mol. The first-order valence-electron chi connectivity index (χ1n) is 18.4. The molecule has 52 heavy (non-hydrogen) atoms. The Balaban J connectivity index is 1.23.